The summed E-state index contributed by atoms with van der Waals surface area (Å²) in [7, 11) is 0. The summed E-state index contributed by atoms with van der Waals surface area (Å²) in [5.74, 6) is -0.250. The van der Waals surface area contributed by atoms with E-state index in [9.17, 15) is 9.59 Å². The van der Waals surface area contributed by atoms with E-state index in [1.807, 2.05) is 19.1 Å². The fourth-order valence-electron chi connectivity index (χ4n) is 3.82. The highest BCUT2D eigenvalue weighted by molar-refractivity contribution is 5.86. The second-order valence-electron chi connectivity index (χ2n) is 7.06. The minimum Gasteiger partial charge on any atom is -0.476 e. The molecule has 1 saturated carbocycles. The van der Waals surface area contributed by atoms with E-state index in [0.717, 1.165) is 31.4 Å². The summed E-state index contributed by atoms with van der Waals surface area (Å²) < 4.78 is 6.59. The number of carboxylic acid groups (broad SMARTS) is 1. The predicted molar refractivity (Wildman–Crippen MR) is 99.0 cm³/mol. The van der Waals surface area contributed by atoms with Crippen molar-refractivity contribution in [1.29, 1.82) is 0 Å². The first-order chi connectivity index (χ1) is 13.0. The van der Waals surface area contributed by atoms with Crippen LogP contribution >= 0.6 is 0 Å². The van der Waals surface area contributed by atoms with Gasteiger partial charge < -0.3 is 9.84 Å². The minimum absolute atomic E-state index is 0.0287. The summed E-state index contributed by atoms with van der Waals surface area (Å²) in [6, 6.07) is 8.06. The fraction of sp³-hybridized carbons (Fsp3) is 0.500. The predicted octanol–water partition coefficient (Wildman–Crippen LogP) is 3.50. The molecule has 0 radical (unpaired) electrons. The third kappa shape index (κ3) is 4.35. The number of nitrogens with zero attached hydrogens (tertiary/aromatic N) is 3. The maximum absolute atomic E-state index is 11.6. The first kappa shape index (κ1) is 19.1. The van der Waals surface area contributed by atoms with Crippen LogP contribution in [0, 0.1) is 12.8 Å². The Morgan fingerprint density at radius 2 is 1.85 bits per heavy atom. The van der Waals surface area contributed by atoms with E-state index >= 15 is 0 Å². The Morgan fingerprint density at radius 3 is 2.41 bits per heavy atom. The molecular formula is C20H25N3O4. The SMILES string of the molecule is CCOC(=O)CC1CCC(c2ccc(-n3nnc(C(=O)O)c3C)cc2)CC1. The Bertz CT molecular complexity index is 805. The summed E-state index contributed by atoms with van der Waals surface area (Å²) in [4.78, 5) is 22.7. The minimum atomic E-state index is -1.07. The normalized spacial score (nSPS) is 19.6. The van der Waals surface area contributed by atoms with Crippen LogP contribution in [0.5, 0.6) is 0 Å². The Labute approximate surface area is 158 Å². The van der Waals surface area contributed by atoms with Crippen LogP contribution in [0.2, 0.25) is 0 Å². The molecule has 1 aromatic heterocycles. The van der Waals surface area contributed by atoms with E-state index in [1.54, 1.807) is 11.6 Å². The lowest BCUT2D eigenvalue weighted by atomic mass is 9.77. The standard InChI is InChI=1S/C20H25N3O4/c1-3-27-18(24)12-14-4-6-15(7-5-14)16-8-10-17(11-9-16)23-13(2)19(20(25)26)21-22-23/h8-11,14-15H,3-7,12H2,1-2H3,(H,25,26). The van der Waals surface area contributed by atoms with Gasteiger partial charge in [-0.3, -0.25) is 4.79 Å². The van der Waals surface area contributed by atoms with Crippen LogP contribution in [0.25, 0.3) is 5.69 Å². The lowest BCUT2D eigenvalue weighted by Gasteiger charge is -2.28. The summed E-state index contributed by atoms with van der Waals surface area (Å²) in [5, 5.41) is 16.8. The zero-order valence-electron chi connectivity index (χ0n) is 15.7. The first-order valence-electron chi connectivity index (χ1n) is 9.41. The lowest BCUT2D eigenvalue weighted by molar-refractivity contribution is -0.144. The molecule has 0 unspecified atom stereocenters. The molecule has 144 valence electrons. The number of hydrogen-bond donors (Lipinski definition) is 1. The van der Waals surface area contributed by atoms with Crippen molar-refractivity contribution in [3.05, 3.63) is 41.2 Å². The van der Waals surface area contributed by atoms with Crippen LogP contribution in [0.3, 0.4) is 0 Å². The van der Waals surface area contributed by atoms with E-state index < -0.39 is 5.97 Å². The van der Waals surface area contributed by atoms with Gasteiger partial charge in [0, 0.05) is 6.42 Å². The number of ether oxygens (including phenoxy) is 1. The highest BCUT2D eigenvalue weighted by Gasteiger charge is 2.24. The van der Waals surface area contributed by atoms with Gasteiger partial charge in [-0.2, -0.15) is 0 Å². The van der Waals surface area contributed by atoms with Gasteiger partial charge in [0.05, 0.1) is 18.0 Å². The van der Waals surface area contributed by atoms with Crippen LogP contribution in [0.4, 0.5) is 0 Å². The number of carbonyl (C=O) groups is 2. The van der Waals surface area contributed by atoms with Crippen molar-refractivity contribution >= 4 is 11.9 Å². The number of carboxylic acids is 1. The summed E-state index contributed by atoms with van der Waals surface area (Å²) in [6.45, 7) is 3.98. The highest BCUT2D eigenvalue weighted by atomic mass is 16.5. The maximum Gasteiger partial charge on any atom is 0.358 e. The zero-order valence-corrected chi connectivity index (χ0v) is 15.7. The zero-order chi connectivity index (χ0) is 19.4. The molecule has 0 aliphatic heterocycles. The molecule has 0 saturated heterocycles. The second kappa shape index (κ2) is 8.33. The highest BCUT2D eigenvalue weighted by Crippen LogP contribution is 2.37. The number of benzene rings is 1. The van der Waals surface area contributed by atoms with Crippen LogP contribution in [0.1, 0.15) is 66.7 Å². The maximum atomic E-state index is 11.6. The van der Waals surface area contributed by atoms with Gasteiger partial charge in [0.2, 0.25) is 0 Å². The molecule has 7 heteroatoms. The Balaban J connectivity index is 1.62. The molecule has 7 nitrogen and oxygen atoms in total. The van der Waals surface area contributed by atoms with Gasteiger partial charge in [-0.15, -0.1) is 5.10 Å². The van der Waals surface area contributed by atoms with Crippen molar-refractivity contribution in [1.82, 2.24) is 15.0 Å². The van der Waals surface area contributed by atoms with Gasteiger partial charge in [-0.1, -0.05) is 17.3 Å². The smallest absolute Gasteiger partial charge is 0.358 e. The van der Waals surface area contributed by atoms with Gasteiger partial charge in [-0.25, -0.2) is 9.48 Å². The van der Waals surface area contributed by atoms with E-state index in [4.69, 9.17) is 9.84 Å². The quantitative estimate of drug-likeness (QED) is 0.781. The third-order valence-electron chi connectivity index (χ3n) is 5.31. The number of aromatic nitrogens is 3. The van der Waals surface area contributed by atoms with E-state index in [-0.39, 0.29) is 11.7 Å². The van der Waals surface area contributed by atoms with Gasteiger partial charge in [0.1, 0.15) is 0 Å². The van der Waals surface area contributed by atoms with Crippen molar-refractivity contribution in [2.24, 2.45) is 5.92 Å². The van der Waals surface area contributed by atoms with Crippen LogP contribution in [0.15, 0.2) is 24.3 Å². The van der Waals surface area contributed by atoms with Crippen LogP contribution in [-0.4, -0.2) is 38.6 Å². The number of hydrogen-bond acceptors (Lipinski definition) is 5. The van der Waals surface area contributed by atoms with Crippen molar-refractivity contribution in [3.8, 4) is 5.69 Å². The van der Waals surface area contributed by atoms with Gasteiger partial charge in [-0.05, 0) is 69.1 Å². The molecule has 1 aliphatic rings. The summed E-state index contributed by atoms with van der Waals surface area (Å²) >= 11 is 0. The molecule has 0 atom stereocenters. The molecule has 1 fully saturated rings. The van der Waals surface area contributed by atoms with E-state index in [0.29, 0.717) is 30.6 Å². The largest absolute Gasteiger partial charge is 0.476 e. The Hall–Kier alpha value is -2.70. The number of esters is 1. The van der Waals surface area contributed by atoms with E-state index in [1.165, 1.54) is 5.56 Å². The Morgan fingerprint density at radius 1 is 1.19 bits per heavy atom. The van der Waals surface area contributed by atoms with Gasteiger partial charge in [0.25, 0.3) is 0 Å². The summed E-state index contributed by atoms with van der Waals surface area (Å²) in [6.07, 6.45) is 4.73. The Kier molecular flexibility index (Phi) is 5.88. The van der Waals surface area contributed by atoms with Gasteiger partial charge in [0.15, 0.2) is 5.69 Å². The molecule has 3 rings (SSSR count). The van der Waals surface area contributed by atoms with Crippen molar-refractivity contribution in [3.63, 3.8) is 0 Å². The number of carbonyl (C=O) groups excluding carboxylic acids is 1. The molecule has 0 amide bonds. The van der Waals surface area contributed by atoms with Crippen LogP contribution in [-0.2, 0) is 9.53 Å². The van der Waals surface area contributed by atoms with Gasteiger partial charge >= 0.3 is 11.9 Å². The van der Waals surface area contributed by atoms with E-state index in [2.05, 4.69) is 22.4 Å². The molecule has 1 aliphatic carbocycles. The average Bonchev–Trinajstić information content (AvgIpc) is 3.04. The molecule has 1 aromatic carbocycles. The molecule has 2 aromatic rings. The monoisotopic (exact) mass is 371 g/mol. The summed E-state index contributed by atoms with van der Waals surface area (Å²) in [5.41, 5.74) is 2.55. The number of aromatic carboxylic acids is 1. The third-order valence-corrected chi connectivity index (χ3v) is 5.31. The van der Waals surface area contributed by atoms with Crippen molar-refractivity contribution < 1.29 is 19.4 Å². The second-order valence-corrected chi connectivity index (χ2v) is 7.06. The molecular weight excluding hydrogens is 346 g/mol. The van der Waals surface area contributed by atoms with Crippen LogP contribution < -0.4 is 0 Å². The molecule has 1 N–H and O–H groups in total. The molecule has 0 spiro atoms. The fourth-order valence-corrected chi connectivity index (χ4v) is 3.82. The van der Waals surface area contributed by atoms with Crippen molar-refractivity contribution in [2.75, 3.05) is 6.61 Å². The average molecular weight is 371 g/mol. The molecule has 1 heterocycles. The first-order valence-corrected chi connectivity index (χ1v) is 9.41. The topological polar surface area (TPSA) is 94.3 Å². The van der Waals surface area contributed by atoms with Crippen molar-refractivity contribution in [2.45, 2.75) is 51.9 Å². The number of rotatable bonds is 6. The molecule has 27 heavy (non-hydrogen) atoms. The lowest BCUT2D eigenvalue weighted by Crippen LogP contribution is -2.18. The molecule has 0 bridgehead atoms.